The van der Waals surface area contributed by atoms with Crippen LogP contribution in [0.25, 0.3) is 11.0 Å². The predicted octanol–water partition coefficient (Wildman–Crippen LogP) is 1.76. The van der Waals surface area contributed by atoms with E-state index in [0.717, 1.165) is 5.52 Å². The van der Waals surface area contributed by atoms with Crippen molar-refractivity contribution in [2.24, 2.45) is 0 Å². The van der Waals surface area contributed by atoms with Crippen LogP contribution in [0.2, 0.25) is 0 Å². The molecule has 0 aliphatic heterocycles. The standard InChI is InChI=1S/C12H10N4O2S/c17-19(18,16-12-3-1-2-6-13-12)9-4-5-10-11(7-9)15-8-14-10/h1-8H,(H,13,16)(H,14,15). The molecule has 2 heterocycles. The molecular formula is C12H10N4O2S. The Morgan fingerprint density at radius 2 is 2.00 bits per heavy atom. The maximum absolute atomic E-state index is 12.2. The van der Waals surface area contributed by atoms with Crippen molar-refractivity contribution in [3.8, 4) is 0 Å². The van der Waals surface area contributed by atoms with Gasteiger partial charge in [-0.15, -0.1) is 0 Å². The monoisotopic (exact) mass is 274 g/mol. The van der Waals surface area contributed by atoms with Crippen molar-refractivity contribution < 1.29 is 8.42 Å². The fourth-order valence-electron chi connectivity index (χ4n) is 1.70. The summed E-state index contributed by atoms with van der Waals surface area (Å²) in [6, 6.07) is 9.71. The molecule has 6 nitrogen and oxygen atoms in total. The number of aromatic amines is 1. The second-order valence-electron chi connectivity index (χ2n) is 3.90. The summed E-state index contributed by atoms with van der Waals surface area (Å²) in [7, 11) is -3.64. The molecule has 1 aromatic carbocycles. The maximum Gasteiger partial charge on any atom is 0.263 e. The first kappa shape index (κ1) is 11.7. The molecule has 7 heteroatoms. The molecule has 3 aromatic rings. The number of rotatable bonds is 3. The fraction of sp³-hybridized carbons (Fsp3) is 0. The number of anilines is 1. The van der Waals surface area contributed by atoms with Gasteiger partial charge in [0.25, 0.3) is 10.0 Å². The van der Waals surface area contributed by atoms with E-state index in [0.29, 0.717) is 5.52 Å². The highest BCUT2D eigenvalue weighted by molar-refractivity contribution is 7.92. The van der Waals surface area contributed by atoms with E-state index in [1.54, 1.807) is 24.3 Å². The Bertz CT molecular complexity index is 812. The van der Waals surface area contributed by atoms with Crippen LogP contribution in [0, 0.1) is 0 Å². The summed E-state index contributed by atoms with van der Waals surface area (Å²) in [5, 5.41) is 0. The van der Waals surface area contributed by atoms with Gasteiger partial charge in [0.1, 0.15) is 5.82 Å². The molecule has 0 fully saturated rings. The molecule has 0 spiro atoms. The second kappa shape index (κ2) is 4.36. The van der Waals surface area contributed by atoms with Crippen molar-refractivity contribution in [1.29, 1.82) is 0 Å². The van der Waals surface area contributed by atoms with Gasteiger partial charge in [-0.05, 0) is 30.3 Å². The van der Waals surface area contributed by atoms with Gasteiger partial charge in [-0.2, -0.15) is 0 Å². The van der Waals surface area contributed by atoms with E-state index in [-0.39, 0.29) is 10.7 Å². The molecule has 0 atom stereocenters. The number of hydrogen-bond donors (Lipinski definition) is 2. The molecule has 2 N–H and O–H groups in total. The first-order valence-electron chi connectivity index (χ1n) is 5.52. The zero-order chi connectivity index (χ0) is 13.3. The Kier molecular flexibility index (Phi) is 2.68. The predicted molar refractivity (Wildman–Crippen MR) is 71.1 cm³/mol. The zero-order valence-electron chi connectivity index (χ0n) is 9.74. The molecule has 0 unspecified atom stereocenters. The summed E-state index contributed by atoms with van der Waals surface area (Å²) < 4.78 is 26.8. The van der Waals surface area contributed by atoms with Gasteiger partial charge in [-0.1, -0.05) is 6.07 Å². The average Bonchev–Trinajstić information content (AvgIpc) is 2.86. The molecule has 0 saturated carbocycles. The number of sulfonamides is 1. The van der Waals surface area contributed by atoms with Crippen molar-refractivity contribution in [3.63, 3.8) is 0 Å². The van der Waals surface area contributed by atoms with Crippen molar-refractivity contribution >= 4 is 26.9 Å². The van der Waals surface area contributed by atoms with E-state index < -0.39 is 10.0 Å². The zero-order valence-corrected chi connectivity index (χ0v) is 10.6. The third-order valence-electron chi connectivity index (χ3n) is 2.61. The molecule has 0 radical (unpaired) electrons. The highest BCUT2D eigenvalue weighted by atomic mass is 32.2. The summed E-state index contributed by atoms with van der Waals surface area (Å²) in [5.74, 6) is 0.284. The van der Waals surface area contributed by atoms with Gasteiger partial charge in [-0.25, -0.2) is 18.4 Å². The molecule has 96 valence electrons. The lowest BCUT2D eigenvalue weighted by Gasteiger charge is -2.06. The number of imidazole rings is 1. The minimum atomic E-state index is -3.64. The quantitative estimate of drug-likeness (QED) is 0.761. The minimum absolute atomic E-state index is 0.162. The van der Waals surface area contributed by atoms with Crippen molar-refractivity contribution in [1.82, 2.24) is 15.0 Å². The van der Waals surface area contributed by atoms with E-state index in [1.165, 1.54) is 24.7 Å². The topological polar surface area (TPSA) is 87.7 Å². The normalized spacial score (nSPS) is 11.6. The summed E-state index contributed by atoms with van der Waals surface area (Å²) >= 11 is 0. The van der Waals surface area contributed by atoms with E-state index in [9.17, 15) is 8.42 Å². The van der Waals surface area contributed by atoms with Gasteiger partial charge in [-0.3, -0.25) is 4.72 Å². The smallest absolute Gasteiger partial charge is 0.263 e. The first-order valence-corrected chi connectivity index (χ1v) is 7.00. The molecule has 3 rings (SSSR count). The van der Waals surface area contributed by atoms with Crippen LogP contribution >= 0.6 is 0 Å². The molecule has 0 saturated heterocycles. The van der Waals surface area contributed by atoms with E-state index in [4.69, 9.17) is 0 Å². The first-order chi connectivity index (χ1) is 9.15. The number of hydrogen-bond acceptors (Lipinski definition) is 4. The molecule has 19 heavy (non-hydrogen) atoms. The number of nitrogens with one attached hydrogen (secondary N) is 2. The minimum Gasteiger partial charge on any atom is -0.345 e. The van der Waals surface area contributed by atoms with Crippen LogP contribution in [-0.4, -0.2) is 23.4 Å². The number of fused-ring (bicyclic) bond motifs is 1. The van der Waals surface area contributed by atoms with Crippen LogP contribution in [0.15, 0.2) is 53.8 Å². The van der Waals surface area contributed by atoms with Gasteiger partial charge >= 0.3 is 0 Å². The van der Waals surface area contributed by atoms with Crippen LogP contribution in [0.4, 0.5) is 5.82 Å². The third kappa shape index (κ3) is 2.27. The molecule has 0 amide bonds. The molecular weight excluding hydrogens is 264 g/mol. The summed E-state index contributed by atoms with van der Waals surface area (Å²) in [5.41, 5.74) is 1.39. The Morgan fingerprint density at radius 1 is 1.11 bits per heavy atom. The van der Waals surface area contributed by atoms with Crippen LogP contribution in [-0.2, 0) is 10.0 Å². The van der Waals surface area contributed by atoms with Crippen LogP contribution in [0.3, 0.4) is 0 Å². The highest BCUT2D eigenvalue weighted by Crippen LogP contribution is 2.18. The lowest BCUT2D eigenvalue weighted by molar-refractivity contribution is 0.601. The Hall–Kier alpha value is -2.41. The number of H-pyrrole nitrogens is 1. The van der Waals surface area contributed by atoms with Crippen LogP contribution in [0.1, 0.15) is 0 Å². The van der Waals surface area contributed by atoms with Crippen LogP contribution in [0.5, 0.6) is 0 Å². The largest absolute Gasteiger partial charge is 0.345 e. The van der Waals surface area contributed by atoms with Gasteiger partial charge in [0.05, 0.1) is 22.3 Å². The van der Waals surface area contributed by atoms with E-state index in [2.05, 4.69) is 19.7 Å². The Balaban J connectivity index is 1.99. The average molecular weight is 274 g/mol. The van der Waals surface area contributed by atoms with Gasteiger partial charge in [0.15, 0.2) is 0 Å². The second-order valence-corrected chi connectivity index (χ2v) is 5.58. The van der Waals surface area contributed by atoms with Crippen molar-refractivity contribution in [2.75, 3.05) is 4.72 Å². The SMILES string of the molecule is O=S(=O)(Nc1ccccn1)c1ccc2nc[nH]c2c1. The number of nitrogens with zero attached hydrogens (tertiary/aromatic N) is 2. The third-order valence-corrected chi connectivity index (χ3v) is 3.96. The van der Waals surface area contributed by atoms with Gasteiger partial charge in [0.2, 0.25) is 0 Å². The Morgan fingerprint density at radius 3 is 2.79 bits per heavy atom. The van der Waals surface area contributed by atoms with Crippen molar-refractivity contribution in [2.45, 2.75) is 4.90 Å². The molecule has 0 aliphatic carbocycles. The lowest BCUT2D eigenvalue weighted by atomic mass is 10.3. The van der Waals surface area contributed by atoms with Gasteiger partial charge < -0.3 is 4.98 Å². The molecule has 2 aromatic heterocycles. The van der Waals surface area contributed by atoms with E-state index in [1.807, 2.05) is 0 Å². The lowest BCUT2D eigenvalue weighted by Crippen LogP contribution is -2.13. The number of benzene rings is 1. The molecule has 0 aliphatic rings. The maximum atomic E-state index is 12.2. The number of aromatic nitrogens is 3. The summed E-state index contributed by atoms with van der Waals surface area (Å²) in [6.45, 7) is 0. The van der Waals surface area contributed by atoms with Crippen LogP contribution < -0.4 is 4.72 Å². The summed E-state index contributed by atoms with van der Waals surface area (Å²) in [4.78, 5) is 11.0. The van der Waals surface area contributed by atoms with E-state index >= 15 is 0 Å². The summed E-state index contributed by atoms with van der Waals surface area (Å²) in [6.07, 6.45) is 3.04. The number of pyridine rings is 1. The van der Waals surface area contributed by atoms with Gasteiger partial charge in [0, 0.05) is 6.20 Å². The Labute approximate surface area is 109 Å². The van der Waals surface area contributed by atoms with Crippen molar-refractivity contribution in [3.05, 3.63) is 48.9 Å². The fourth-order valence-corrected chi connectivity index (χ4v) is 2.74. The highest BCUT2D eigenvalue weighted by Gasteiger charge is 2.15. The molecule has 0 bridgehead atoms.